The van der Waals surface area contributed by atoms with Crippen molar-refractivity contribution in [3.05, 3.63) is 71.4 Å². The summed E-state index contributed by atoms with van der Waals surface area (Å²) in [7, 11) is 1.80. The summed E-state index contributed by atoms with van der Waals surface area (Å²) in [6.07, 6.45) is 1.88. The molecule has 2 atom stereocenters. The second kappa shape index (κ2) is 7.42. The fourth-order valence-electron chi connectivity index (χ4n) is 3.55. The highest BCUT2D eigenvalue weighted by Crippen LogP contribution is 2.34. The average Bonchev–Trinajstić information content (AvgIpc) is 3.35. The molecule has 0 spiro atoms. The molecule has 0 radical (unpaired) electrons. The molecule has 0 saturated heterocycles. The zero-order valence-corrected chi connectivity index (χ0v) is 15.7. The van der Waals surface area contributed by atoms with Crippen molar-refractivity contribution in [3.63, 3.8) is 0 Å². The van der Waals surface area contributed by atoms with E-state index in [4.69, 9.17) is 4.52 Å². The molecule has 0 fully saturated rings. The van der Waals surface area contributed by atoms with Gasteiger partial charge in [-0.3, -0.25) is 0 Å². The number of urea groups is 1. The molecule has 144 valence electrons. The quantitative estimate of drug-likeness (QED) is 0.734. The Morgan fingerprint density at radius 1 is 1.25 bits per heavy atom. The summed E-state index contributed by atoms with van der Waals surface area (Å²) in [4.78, 5) is 18.8. The predicted molar refractivity (Wildman–Crippen MR) is 102 cm³/mol. The van der Waals surface area contributed by atoms with E-state index in [2.05, 4.69) is 27.6 Å². The van der Waals surface area contributed by atoms with Crippen LogP contribution < -0.4 is 5.32 Å². The summed E-state index contributed by atoms with van der Waals surface area (Å²) >= 11 is 0. The summed E-state index contributed by atoms with van der Waals surface area (Å²) in [5, 5.41) is 6.83. The van der Waals surface area contributed by atoms with E-state index < -0.39 is 6.04 Å². The number of fused-ring (bicyclic) bond motifs is 1. The zero-order chi connectivity index (χ0) is 19.7. The van der Waals surface area contributed by atoms with Crippen LogP contribution in [-0.2, 0) is 6.42 Å². The molecule has 1 heterocycles. The van der Waals surface area contributed by atoms with Crippen molar-refractivity contribution in [1.82, 2.24) is 20.4 Å². The molecule has 2 aromatic carbocycles. The molecule has 0 saturated carbocycles. The number of aryl methyl sites for hydroxylation is 1. The van der Waals surface area contributed by atoms with Crippen LogP contribution in [0.1, 0.15) is 42.4 Å². The lowest BCUT2D eigenvalue weighted by atomic mass is 10.1. The third-order valence-corrected chi connectivity index (χ3v) is 5.14. The largest absolute Gasteiger partial charge is 0.337 e. The molecule has 1 aromatic heterocycles. The normalized spacial score (nSPS) is 16.5. The number of aromatic nitrogens is 2. The van der Waals surface area contributed by atoms with Gasteiger partial charge in [-0.25, -0.2) is 9.18 Å². The van der Waals surface area contributed by atoms with Gasteiger partial charge < -0.3 is 14.7 Å². The summed E-state index contributed by atoms with van der Waals surface area (Å²) in [5.41, 5.74) is 3.14. The molecule has 28 heavy (non-hydrogen) atoms. The van der Waals surface area contributed by atoms with E-state index in [1.165, 1.54) is 23.3 Å². The molecular formula is C21H21FN4O2. The SMILES string of the molecule is C[C@@H](NC(=O)N(C)[C@H]1CCc2ccccc21)c1nc(-c2ccc(F)cc2)no1. The Morgan fingerprint density at radius 2 is 2.00 bits per heavy atom. The minimum absolute atomic E-state index is 0.0564. The number of hydrogen-bond donors (Lipinski definition) is 1. The first-order valence-electron chi connectivity index (χ1n) is 9.23. The lowest BCUT2D eigenvalue weighted by Gasteiger charge is -2.26. The van der Waals surface area contributed by atoms with Crippen LogP contribution in [0.5, 0.6) is 0 Å². The maximum Gasteiger partial charge on any atom is 0.318 e. The molecule has 6 nitrogen and oxygen atoms in total. The molecule has 1 aliphatic rings. The molecule has 0 aliphatic heterocycles. The topological polar surface area (TPSA) is 71.3 Å². The lowest BCUT2D eigenvalue weighted by Crippen LogP contribution is -2.40. The van der Waals surface area contributed by atoms with Crippen LogP contribution >= 0.6 is 0 Å². The van der Waals surface area contributed by atoms with Gasteiger partial charge in [-0.1, -0.05) is 29.4 Å². The second-order valence-electron chi connectivity index (χ2n) is 7.00. The van der Waals surface area contributed by atoms with Crippen molar-refractivity contribution in [1.29, 1.82) is 0 Å². The molecule has 0 unspecified atom stereocenters. The van der Waals surface area contributed by atoms with Gasteiger partial charge in [0.1, 0.15) is 11.9 Å². The molecular weight excluding hydrogens is 359 g/mol. The van der Waals surface area contributed by atoms with Gasteiger partial charge in [-0.15, -0.1) is 0 Å². The average molecular weight is 380 g/mol. The Morgan fingerprint density at radius 3 is 2.79 bits per heavy atom. The van der Waals surface area contributed by atoms with Crippen molar-refractivity contribution >= 4 is 6.03 Å². The van der Waals surface area contributed by atoms with Crippen LogP contribution in [0.15, 0.2) is 53.1 Å². The highest BCUT2D eigenvalue weighted by atomic mass is 19.1. The minimum atomic E-state index is -0.451. The van der Waals surface area contributed by atoms with E-state index >= 15 is 0 Å². The first-order valence-corrected chi connectivity index (χ1v) is 9.23. The summed E-state index contributed by atoms with van der Waals surface area (Å²) in [5.74, 6) is 0.326. The van der Waals surface area contributed by atoms with Gasteiger partial charge >= 0.3 is 6.03 Å². The molecule has 1 aliphatic carbocycles. The molecule has 3 aromatic rings. The van der Waals surface area contributed by atoms with Crippen LogP contribution in [-0.4, -0.2) is 28.1 Å². The van der Waals surface area contributed by atoms with Gasteiger partial charge in [0, 0.05) is 12.6 Å². The third-order valence-electron chi connectivity index (χ3n) is 5.14. The predicted octanol–water partition coefficient (Wildman–Crippen LogP) is 4.27. The van der Waals surface area contributed by atoms with Crippen LogP contribution in [0.3, 0.4) is 0 Å². The maximum atomic E-state index is 13.1. The Labute approximate surface area is 162 Å². The number of halogens is 1. The van der Waals surface area contributed by atoms with Crippen molar-refractivity contribution < 1.29 is 13.7 Å². The number of hydrogen-bond acceptors (Lipinski definition) is 4. The van der Waals surface area contributed by atoms with Gasteiger partial charge in [0.05, 0.1) is 6.04 Å². The van der Waals surface area contributed by atoms with Crippen molar-refractivity contribution in [2.45, 2.75) is 31.8 Å². The minimum Gasteiger partial charge on any atom is -0.337 e. The Balaban J connectivity index is 1.43. The van der Waals surface area contributed by atoms with Crippen LogP contribution in [0, 0.1) is 5.82 Å². The number of rotatable bonds is 4. The van der Waals surface area contributed by atoms with Gasteiger partial charge in [-0.2, -0.15) is 4.98 Å². The highest BCUT2D eigenvalue weighted by molar-refractivity contribution is 5.75. The molecule has 1 N–H and O–H groups in total. The summed E-state index contributed by atoms with van der Waals surface area (Å²) < 4.78 is 18.3. The van der Waals surface area contributed by atoms with E-state index in [1.807, 2.05) is 12.1 Å². The highest BCUT2D eigenvalue weighted by Gasteiger charge is 2.29. The molecule has 0 bridgehead atoms. The number of benzene rings is 2. The smallest absolute Gasteiger partial charge is 0.318 e. The monoisotopic (exact) mass is 380 g/mol. The molecule has 2 amide bonds. The zero-order valence-electron chi connectivity index (χ0n) is 15.7. The van der Waals surface area contributed by atoms with Crippen molar-refractivity contribution in [2.24, 2.45) is 0 Å². The number of nitrogens with zero attached hydrogens (tertiary/aromatic N) is 3. The van der Waals surface area contributed by atoms with Gasteiger partial charge in [0.25, 0.3) is 0 Å². The number of carbonyl (C=O) groups is 1. The summed E-state index contributed by atoms with van der Waals surface area (Å²) in [6, 6.07) is 13.5. The third kappa shape index (κ3) is 3.47. The Bertz CT molecular complexity index is 986. The second-order valence-corrected chi connectivity index (χ2v) is 7.00. The van der Waals surface area contributed by atoms with E-state index in [9.17, 15) is 9.18 Å². The fraction of sp³-hybridized carbons (Fsp3) is 0.286. The van der Waals surface area contributed by atoms with Crippen LogP contribution in [0.2, 0.25) is 0 Å². The number of nitrogens with one attached hydrogen (secondary N) is 1. The van der Waals surface area contributed by atoms with Gasteiger partial charge in [0.2, 0.25) is 11.7 Å². The lowest BCUT2D eigenvalue weighted by molar-refractivity contribution is 0.184. The van der Waals surface area contributed by atoms with E-state index in [0.717, 1.165) is 12.8 Å². The number of carbonyl (C=O) groups excluding carboxylic acids is 1. The Kier molecular flexibility index (Phi) is 4.81. The van der Waals surface area contributed by atoms with Crippen molar-refractivity contribution in [3.8, 4) is 11.4 Å². The standard InChI is InChI=1S/C21H21FN4O2/c1-13(20-24-19(25-28-20)15-7-10-16(22)11-8-15)23-21(27)26(2)18-12-9-14-5-3-4-6-17(14)18/h3-8,10-11,13,18H,9,12H2,1-2H3,(H,23,27)/t13-,18+/m1/s1. The van der Waals surface area contributed by atoms with Crippen LogP contribution in [0.4, 0.5) is 9.18 Å². The molecule has 4 rings (SSSR count). The van der Waals surface area contributed by atoms with Crippen LogP contribution in [0.25, 0.3) is 11.4 Å². The molecule has 7 heteroatoms. The Hall–Kier alpha value is -3.22. The van der Waals surface area contributed by atoms with E-state index in [-0.39, 0.29) is 17.9 Å². The number of amides is 2. The van der Waals surface area contributed by atoms with E-state index in [1.54, 1.807) is 31.0 Å². The maximum absolute atomic E-state index is 13.1. The van der Waals surface area contributed by atoms with Crippen molar-refractivity contribution in [2.75, 3.05) is 7.05 Å². The van der Waals surface area contributed by atoms with Gasteiger partial charge in [-0.05, 0) is 55.2 Å². The fourth-order valence-corrected chi connectivity index (χ4v) is 3.55. The first-order chi connectivity index (χ1) is 13.5. The van der Waals surface area contributed by atoms with E-state index in [0.29, 0.717) is 17.3 Å². The first kappa shape index (κ1) is 18.2. The summed E-state index contributed by atoms with van der Waals surface area (Å²) in [6.45, 7) is 1.79. The van der Waals surface area contributed by atoms with Gasteiger partial charge in [0.15, 0.2) is 0 Å².